The molecule has 2 heterocycles. The Bertz CT molecular complexity index is 1200. The molecular formula is C26H24N4O3. The van der Waals surface area contributed by atoms with Crippen molar-refractivity contribution < 1.29 is 14.3 Å². The molecule has 2 aromatic carbocycles. The fourth-order valence-corrected chi connectivity index (χ4v) is 3.19. The molecule has 0 fully saturated rings. The topological polar surface area (TPSA) is 85.4 Å². The van der Waals surface area contributed by atoms with Crippen molar-refractivity contribution >= 4 is 17.4 Å². The number of aromatic nitrogens is 2. The van der Waals surface area contributed by atoms with Crippen LogP contribution < -0.4 is 20.1 Å². The second kappa shape index (κ2) is 10.8. The van der Waals surface area contributed by atoms with Gasteiger partial charge in [-0.3, -0.25) is 4.79 Å². The highest BCUT2D eigenvalue weighted by Crippen LogP contribution is 2.25. The van der Waals surface area contributed by atoms with E-state index in [0.29, 0.717) is 24.3 Å². The van der Waals surface area contributed by atoms with Crippen LogP contribution in [0.3, 0.4) is 0 Å². The molecule has 7 heteroatoms. The molecule has 2 aromatic heterocycles. The quantitative estimate of drug-likeness (QED) is 0.381. The van der Waals surface area contributed by atoms with Gasteiger partial charge in [-0.05, 0) is 72.6 Å². The van der Waals surface area contributed by atoms with Crippen LogP contribution in [0.15, 0.2) is 91.3 Å². The van der Waals surface area contributed by atoms with Crippen LogP contribution in [0.5, 0.6) is 17.4 Å². The molecule has 0 aliphatic carbocycles. The zero-order chi connectivity index (χ0) is 22.9. The van der Waals surface area contributed by atoms with Crippen LogP contribution in [0.2, 0.25) is 0 Å². The molecule has 1 amide bonds. The Balaban J connectivity index is 1.37. The van der Waals surface area contributed by atoms with Crippen LogP contribution in [0.1, 0.15) is 15.9 Å². The van der Waals surface area contributed by atoms with Gasteiger partial charge in [-0.25, -0.2) is 9.97 Å². The summed E-state index contributed by atoms with van der Waals surface area (Å²) in [7, 11) is 1.63. The minimum absolute atomic E-state index is 0.241. The number of ether oxygens (including phenoxy) is 2. The summed E-state index contributed by atoms with van der Waals surface area (Å²) in [5.74, 6) is 2.13. The van der Waals surface area contributed by atoms with E-state index in [1.165, 1.54) is 0 Å². The van der Waals surface area contributed by atoms with Crippen molar-refractivity contribution in [3.05, 3.63) is 102 Å². The summed E-state index contributed by atoms with van der Waals surface area (Å²) in [5, 5.41) is 6.14. The third-order valence-corrected chi connectivity index (χ3v) is 4.86. The summed E-state index contributed by atoms with van der Waals surface area (Å²) in [5.41, 5.74) is 2.33. The standard InChI is InChI=1S/C26H24N4O3/c1-32-22-7-4-6-19(18-22)14-17-28-25(31)23-8-5-16-29-26(23)33-21-12-10-20(11-13-21)30-24-9-2-3-15-27-24/h2-13,15-16,18H,14,17H2,1H3,(H,27,30)(H,28,31). The van der Waals surface area contributed by atoms with Crippen molar-refractivity contribution in [2.24, 2.45) is 0 Å². The molecule has 0 bridgehead atoms. The van der Waals surface area contributed by atoms with Gasteiger partial charge in [0.05, 0.1) is 7.11 Å². The molecule has 0 spiro atoms. The van der Waals surface area contributed by atoms with E-state index in [-0.39, 0.29) is 11.8 Å². The molecule has 4 rings (SSSR count). The Labute approximate surface area is 192 Å². The maximum Gasteiger partial charge on any atom is 0.256 e. The van der Waals surface area contributed by atoms with Gasteiger partial charge in [0.25, 0.3) is 5.91 Å². The monoisotopic (exact) mass is 440 g/mol. The molecule has 0 aliphatic rings. The molecule has 0 atom stereocenters. The van der Waals surface area contributed by atoms with E-state index in [1.807, 2.05) is 66.7 Å². The third kappa shape index (κ3) is 6.07. The van der Waals surface area contributed by atoms with Crippen molar-refractivity contribution in [2.75, 3.05) is 19.0 Å². The third-order valence-electron chi connectivity index (χ3n) is 4.86. The molecule has 2 N–H and O–H groups in total. The number of nitrogens with one attached hydrogen (secondary N) is 2. The molecule has 7 nitrogen and oxygen atoms in total. The van der Waals surface area contributed by atoms with Gasteiger partial charge in [0.2, 0.25) is 5.88 Å². The van der Waals surface area contributed by atoms with E-state index in [9.17, 15) is 4.79 Å². The van der Waals surface area contributed by atoms with Gasteiger partial charge in [0.1, 0.15) is 22.9 Å². The van der Waals surface area contributed by atoms with Gasteiger partial charge in [0.15, 0.2) is 0 Å². The number of hydrogen-bond donors (Lipinski definition) is 2. The van der Waals surface area contributed by atoms with Crippen molar-refractivity contribution in [3.63, 3.8) is 0 Å². The van der Waals surface area contributed by atoms with E-state index >= 15 is 0 Å². The minimum atomic E-state index is -0.241. The lowest BCUT2D eigenvalue weighted by molar-refractivity contribution is 0.0951. The van der Waals surface area contributed by atoms with Gasteiger partial charge in [-0.1, -0.05) is 18.2 Å². The molecule has 0 saturated carbocycles. The highest BCUT2D eigenvalue weighted by Gasteiger charge is 2.14. The fraction of sp³-hybridized carbons (Fsp3) is 0.115. The lowest BCUT2D eigenvalue weighted by atomic mass is 10.1. The predicted octanol–water partition coefficient (Wildman–Crippen LogP) is 4.99. The molecular weight excluding hydrogens is 416 g/mol. The lowest BCUT2D eigenvalue weighted by Crippen LogP contribution is -2.26. The van der Waals surface area contributed by atoms with Crippen molar-refractivity contribution in [2.45, 2.75) is 6.42 Å². The first-order valence-corrected chi connectivity index (χ1v) is 10.5. The second-order valence-electron chi connectivity index (χ2n) is 7.18. The summed E-state index contributed by atoms with van der Waals surface area (Å²) >= 11 is 0. The number of carbonyl (C=O) groups excluding carboxylic acids is 1. The van der Waals surface area contributed by atoms with E-state index < -0.39 is 0 Å². The van der Waals surface area contributed by atoms with Gasteiger partial charge in [-0.2, -0.15) is 0 Å². The number of hydrogen-bond acceptors (Lipinski definition) is 6. The van der Waals surface area contributed by atoms with E-state index in [4.69, 9.17) is 9.47 Å². The molecule has 0 aliphatic heterocycles. The van der Waals surface area contributed by atoms with Gasteiger partial charge in [0, 0.05) is 24.6 Å². The predicted molar refractivity (Wildman–Crippen MR) is 127 cm³/mol. The summed E-state index contributed by atoms with van der Waals surface area (Å²) in [6.45, 7) is 0.480. The zero-order valence-corrected chi connectivity index (χ0v) is 18.2. The second-order valence-corrected chi connectivity index (χ2v) is 7.18. The largest absolute Gasteiger partial charge is 0.497 e. The number of amides is 1. The van der Waals surface area contributed by atoms with Crippen LogP contribution in [-0.4, -0.2) is 29.5 Å². The number of methoxy groups -OCH3 is 1. The molecule has 33 heavy (non-hydrogen) atoms. The number of nitrogens with zero attached hydrogens (tertiary/aromatic N) is 2. The SMILES string of the molecule is COc1cccc(CCNC(=O)c2cccnc2Oc2ccc(Nc3ccccn3)cc2)c1. The maximum absolute atomic E-state index is 12.8. The molecule has 0 saturated heterocycles. The number of anilines is 2. The number of rotatable bonds is 9. The number of pyridine rings is 2. The molecule has 0 radical (unpaired) electrons. The van der Waals surface area contributed by atoms with E-state index in [2.05, 4.69) is 20.6 Å². The lowest BCUT2D eigenvalue weighted by Gasteiger charge is -2.11. The van der Waals surface area contributed by atoms with Crippen LogP contribution in [0.25, 0.3) is 0 Å². The van der Waals surface area contributed by atoms with Crippen molar-refractivity contribution in [3.8, 4) is 17.4 Å². The maximum atomic E-state index is 12.8. The highest BCUT2D eigenvalue weighted by atomic mass is 16.5. The molecule has 166 valence electrons. The Kier molecular flexibility index (Phi) is 7.12. The summed E-state index contributed by atoms with van der Waals surface area (Å²) in [4.78, 5) is 21.2. The average molecular weight is 441 g/mol. The smallest absolute Gasteiger partial charge is 0.256 e. The number of benzene rings is 2. The van der Waals surface area contributed by atoms with Crippen LogP contribution in [0.4, 0.5) is 11.5 Å². The van der Waals surface area contributed by atoms with Gasteiger partial charge in [-0.15, -0.1) is 0 Å². The van der Waals surface area contributed by atoms with Crippen molar-refractivity contribution in [1.82, 2.24) is 15.3 Å². The fourth-order valence-electron chi connectivity index (χ4n) is 3.19. The first kappa shape index (κ1) is 21.8. The number of carbonyl (C=O) groups is 1. The van der Waals surface area contributed by atoms with Crippen LogP contribution in [0, 0.1) is 0 Å². The Morgan fingerprint density at radius 1 is 0.879 bits per heavy atom. The van der Waals surface area contributed by atoms with Crippen LogP contribution >= 0.6 is 0 Å². The highest BCUT2D eigenvalue weighted by molar-refractivity contribution is 5.96. The Morgan fingerprint density at radius 2 is 1.73 bits per heavy atom. The van der Waals surface area contributed by atoms with Gasteiger partial charge < -0.3 is 20.1 Å². The van der Waals surface area contributed by atoms with E-state index in [0.717, 1.165) is 22.8 Å². The minimum Gasteiger partial charge on any atom is -0.497 e. The molecule has 4 aromatic rings. The summed E-state index contributed by atoms with van der Waals surface area (Å²) in [6, 6.07) is 24.2. The van der Waals surface area contributed by atoms with Crippen molar-refractivity contribution in [1.29, 1.82) is 0 Å². The van der Waals surface area contributed by atoms with E-state index in [1.54, 1.807) is 31.6 Å². The van der Waals surface area contributed by atoms with Crippen LogP contribution in [-0.2, 0) is 6.42 Å². The normalized spacial score (nSPS) is 10.3. The zero-order valence-electron chi connectivity index (χ0n) is 18.2. The average Bonchev–Trinajstić information content (AvgIpc) is 2.86. The Hall–Kier alpha value is -4.39. The summed E-state index contributed by atoms with van der Waals surface area (Å²) in [6.07, 6.45) is 4.01. The molecule has 0 unspecified atom stereocenters. The Morgan fingerprint density at radius 3 is 2.52 bits per heavy atom. The first-order valence-electron chi connectivity index (χ1n) is 10.5. The first-order chi connectivity index (χ1) is 16.2. The summed E-state index contributed by atoms with van der Waals surface area (Å²) < 4.78 is 11.1. The van der Waals surface area contributed by atoms with Gasteiger partial charge >= 0.3 is 0 Å².